The molecule has 80 valence electrons. The summed E-state index contributed by atoms with van der Waals surface area (Å²) in [5, 5.41) is 9.18. The second-order valence-electron chi connectivity index (χ2n) is 3.31. The number of nitrogens with zero attached hydrogens (tertiary/aromatic N) is 1. The lowest BCUT2D eigenvalue weighted by Gasteiger charge is -2.16. The molecule has 0 fully saturated rings. The first-order valence-corrected chi connectivity index (χ1v) is 5.45. The molecule has 15 heavy (non-hydrogen) atoms. The van der Waals surface area contributed by atoms with Crippen LogP contribution in [0.5, 0.6) is 5.75 Å². The van der Waals surface area contributed by atoms with E-state index in [1.165, 1.54) is 0 Å². The highest BCUT2D eigenvalue weighted by atomic mass is 35.5. The lowest BCUT2D eigenvalue weighted by molar-refractivity contribution is 0.193. The van der Waals surface area contributed by atoms with E-state index in [1.54, 1.807) is 18.2 Å². The molecule has 0 spiro atoms. The molecule has 0 N–H and O–H groups in total. The summed E-state index contributed by atoms with van der Waals surface area (Å²) in [6.45, 7) is 4.15. The topological polar surface area (TPSA) is 33.0 Å². The maximum Gasteiger partial charge on any atom is 0.138 e. The van der Waals surface area contributed by atoms with Crippen molar-refractivity contribution in [2.24, 2.45) is 0 Å². The molecule has 0 amide bonds. The van der Waals surface area contributed by atoms with Crippen molar-refractivity contribution in [1.29, 1.82) is 5.26 Å². The molecule has 0 saturated carbocycles. The van der Waals surface area contributed by atoms with E-state index in [-0.39, 0.29) is 6.10 Å². The van der Waals surface area contributed by atoms with Crippen molar-refractivity contribution in [3.05, 3.63) is 28.8 Å². The standard InChI is InChI=1S/C12H14ClNO/c1-3-10(4-2)15-12-6-5-9(8-14)7-11(12)13/h5-7,10H,3-4H2,1-2H3. The lowest BCUT2D eigenvalue weighted by Crippen LogP contribution is -2.13. The van der Waals surface area contributed by atoms with Gasteiger partial charge < -0.3 is 4.74 Å². The Kier molecular flexibility index (Phi) is 4.45. The molecule has 0 aliphatic heterocycles. The van der Waals surface area contributed by atoms with Crippen molar-refractivity contribution >= 4 is 11.6 Å². The van der Waals surface area contributed by atoms with Crippen molar-refractivity contribution in [3.8, 4) is 11.8 Å². The summed E-state index contributed by atoms with van der Waals surface area (Å²) in [6, 6.07) is 7.12. The maximum absolute atomic E-state index is 8.68. The molecule has 2 nitrogen and oxygen atoms in total. The summed E-state index contributed by atoms with van der Waals surface area (Å²) in [6.07, 6.45) is 2.09. The predicted molar refractivity (Wildman–Crippen MR) is 61.2 cm³/mol. The normalized spacial score (nSPS) is 10.1. The number of ether oxygens (including phenoxy) is 1. The molecule has 0 atom stereocenters. The molecule has 3 heteroatoms. The number of hydrogen-bond acceptors (Lipinski definition) is 2. The van der Waals surface area contributed by atoms with Gasteiger partial charge in [0, 0.05) is 0 Å². The van der Waals surface area contributed by atoms with Crippen LogP contribution < -0.4 is 4.74 Å². The van der Waals surface area contributed by atoms with E-state index in [4.69, 9.17) is 21.6 Å². The average Bonchev–Trinajstić information content (AvgIpc) is 2.27. The first kappa shape index (κ1) is 11.9. The largest absolute Gasteiger partial charge is 0.489 e. The third-order valence-corrected chi connectivity index (χ3v) is 2.56. The van der Waals surface area contributed by atoms with Gasteiger partial charge in [0.25, 0.3) is 0 Å². The second-order valence-corrected chi connectivity index (χ2v) is 3.72. The van der Waals surface area contributed by atoms with E-state index < -0.39 is 0 Å². The van der Waals surface area contributed by atoms with Gasteiger partial charge in [0.05, 0.1) is 22.8 Å². The maximum atomic E-state index is 8.68. The van der Waals surface area contributed by atoms with Crippen molar-refractivity contribution < 1.29 is 4.74 Å². The van der Waals surface area contributed by atoms with Crippen molar-refractivity contribution in [1.82, 2.24) is 0 Å². The molecule has 0 aromatic heterocycles. The summed E-state index contributed by atoms with van der Waals surface area (Å²) >= 11 is 5.99. The first-order chi connectivity index (χ1) is 7.21. The first-order valence-electron chi connectivity index (χ1n) is 5.07. The quantitative estimate of drug-likeness (QED) is 0.778. The fourth-order valence-corrected chi connectivity index (χ4v) is 1.53. The van der Waals surface area contributed by atoms with Crippen LogP contribution in [0.4, 0.5) is 0 Å². The summed E-state index contributed by atoms with van der Waals surface area (Å²) < 4.78 is 5.70. The van der Waals surface area contributed by atoms with Gasteiger partial charge in [-0.15, -0.1) is 0 Å². The van der Waals surface area contributed by atoms with Crippen molar-refractivity contribution in [2.45, 2.75) is 32.8 Å². The lowest BCUT2D eigenvalue weighted by atomic mass is 10.2. The SMILES string of the molecule is CCC(CC)Oc1ccc(C#N)cc1Cl. The zero-order valence-electron chi connectivity index (χ0n) is 8.96. The van der Waals surface area contributed by atoms with Crippen LogP contribution in [-0.4, -0.2) is 6.10 Å². The third-order valence-electron chi connectivity index (χ3n) is 2.27. The molecule has 1 rings (SSSR count). The van der Waals surface area contributed by atoms with Gasteiger partial charge in [-0.2, -0.15) is 5.26 Å². The average molecular weight is 224 g/mol. The molecule has 1 aromatic rings. The van der Waals surface area contributed by atoms with Gasteiger partial charge >= 0.3 is 0 Å². The second kappa shape index (κ2) is 5.63. The minimum atomic E-state index is 0.190. The molecule has 0 aliphatic rings. The molecule has 0 aliphatic carbocycles. The predicted octanol–water partition coefficient (Wildman–Crippen LogP) is 3.78. The Bertz CT molecular complexity index is 366. The summed E-state index contributed by atoms with van der Waals surface area (Å²) in [7, 11) is 0. The number of benzene rings is 1. The molecular formula is C12H14ClNO. The number of nitriles is 1. The molecule has 0 saturated heterocycles. The highest BCUT2D eigenvalue weighted by molar-refractivity contribution is 6.32. The minimum Gasteiger partial charge on any atom is -0.489 e. The summed E-state index contributed by atoms with van der Waals surface area (Å²) in [5.41, 5.74) is 0.553. The highest BCUT2D eigenvalue weighted by Gasteiger charge is 2.08. The highest BCUT2D eigenvalue weighted by Crippen LogP contribution is 2.27. The Morgan fingerprint density at radius 3 is 2.53 bits per heavy atom. The van der Waals surface area contributed by atoms with Crippen LogP contribution in [0.25, 0.3) is 0 Å². The van der Waals surface area contributed by atoms with Crippen LogP contribution in [0.2, 0.25) is 5.02 Å². The fourth-order valence-electron chi connectivity index (χ4n) is 1.30. The van der Waals surface area contributed by atoms with Crippen LogP contribution in [0.3, 0.4) is 0 Å². The Hall–Kier alpha value is -1.20. The molecule has 1 aromatic carbocycles. The van der Waals surface area contributed by atoms with Gasteiger partial charge in [-0.05, 0) is 31.0 Å². The molecular weight excluding hydrogens is 210 g/mol. The van der Waals surface area contributed by atoms with Gasteiger partial charge in [-0.3, -0.25) is 0 Å². The van der Waals surface area contributed by atoms with Crippen LogP contribution in [0, 0.1) is 11.3 Å². The van der Waals surface area contributed by atoms with Crippen LogP contribution in [-0.2, 0) is 0 Å². The minimum absolute atomic E-state index is 0.190. The summed E-state index contributed by atoms with van der Waals surface area (Å²) in [5.74, 6) is 0.657. The molecule has 0 heterocycles. The van der Waals surface area contributed by atoms with Gasteiger partial charge in [-0.25, -0.2) is 0 Å². The van der Waals surface area contributed by atoms with Gasteiger partial charge in [-0.1, -0.05) is 25.4 Å². The third kappa shape index (κ3) is 3.14. The van der Waals surface area contributed by atoms with E-state index in [2.05, 4.69) is 13.8 Å². The Balaban J connectivity index is 2.83. The van der Waals surface area contributed by atoms with Crippen LogP contribution >= 0.6 is 11.6 Å². The van der Waals surface area contributed by atoms with E-state index in [0.717, 1.165) is 12.8 Å². The van der Waals surface area contributed by atoms with Crippen LogP contribution in [0.15, 0.2) is 18.2 Å². The molecule has 0 bridgehead atoms. The monoisotopic (exact) mass is 223 g/mol. The zero-order chi connectivity index (χ0) is 11.3. The van der Waals surface area contributed by atoms with Crippen LogP contribution in [0.1, 0.15) is 32.3 Å². The Morgan fingerprint density at radius 2 is 2.07 bits per heavy atom. The Morgan fingerprint density at radius 1 is 1.40 bits per heavy atom. The van der Waals surface area contributed by atoms with E-state index in [0.29, 0.717) is 16.3 Å². The molecule has 0 unspecified atom stereocenters. The van der Waals surface area contributed by atoms with Gasteiger partial charge in [0.1, 0.15) is 5.75 Å². The number of rotatable bonds is 4. The Labute approximate surface area is 95.4 Å². The number of halogens is 1. The fraction of sp³-hybridized carbons (Fsp3) is 0.417. The summed E-state index contributed by atoms with van der Waals surface area (Å²) in [4.78, 5) is 0. The van der Waals surface area contributed by atoms with Gasteiger partial charge in [0.15, 0.2) is 0 Å². The smallest absolute Gasteiger partial charge is 0.138 e. The van der Waals surface area contributed by atoms with E-state index >= 15 is 0 Å². The van der Waals surface area contributed by atoms with Crippen molar-refractivity contribution in [2.75, 3.05) is 0 Å². The van der Waals surface area contributed by atoms with E-state index in [1.807, 2.05) is 6.07 Å². The zero-order valence-corrected chi connectivity index (χ0v) is 9.71. The molecule has 0 radical (unpaired) electrons. The van der Waals surface area contributed by atoms with Gasteiger partial charge in [0.2, 0.25) is 0 Å². The number of hydrogen-bond donors (Lipinski definition) is 0. The van der Waals surface area contributed by atoms with Crippen molar-refractivity contribution in [3.63, 3.8) is 0 Å². The van der Waals surface area contributed by atoms with E-state index in [9.17, 15) is 0 Å².